The highest BCUT2D eigenvalue weighted by molar-refractivity contribution is 6.31. The van der Waals surface area contributed by atoms with Crippen LogP contribution in [0, 0.1) is 0 Å². The van der Waals surface area contributed by atoms with E-state index in [9.17, 15) is 15.0 Å². The minimum Gasteiger partial charge on any atom is -0.492 e. The first kappa shape index (κ1) is 24.9. The molecule has 4 aromatic rings. The normalized spacial score (nSPS) is 15.1. The second kappa shape index (κ2) is 10.7. The smallest absolute Gasteiger partial charge is 0.334 e. The number of nitrogens with zero attached hydrogens (tertiary/aromatic N) is 1. The van der Waals surface area contributed by atoms with Gasteiger partial charge in [0, 0.05) is 23.7 Å². The van der Waals surface area contributed by atoms with Crippen LogP contribution in [0.3, 0.4) is 0 Å². The molecule has 1 aromatic heterocycles. The highest BCUT2D eigenvalue weighted by Gasteiger charge is 2.38. The summed E-state index contributed by atoms with van der Waals surface area (Å²) in [5.74, 6) is -0.722. The predicted octanol–water partition coefficient (Wildman–Crippen LogP) is 5.75. The molecule has 37 heavy (non-hydrogen) atoms. The lowest BCUT2D eigenvalue weighted by molar-refractivity contribution is -0.145. The molecular formula is C30H29ClN2O4. The van der Waals surface area contributed by atoms with Crippen molar-refractivity contribution in [2.75, 3.05) is 6.54 Å². The first-order chi connectivity index (χ1) is 18.0. The highest BCUT2D eigenvalue weighted by Crippen LogP contribution is 2.42. The SMILES string of the molecule is O=C(CCNC(c1ccccc1)(c1ccc(C2CCC2)cc1)c1ccccc1Cl)On1c(O)ccc1O. The zero-order chi connectivity index (χ0) is 25.8. The molecular weight excluding hydrogens is 488 g/mol. The van der Waals surface area contributed by atoms with E-state index in [4.69, 9.17) is 16.4 Å². The quantitative estimate of drug-likeness (QED) is 0.247. The molecule has 5 rings (SSSR count). The summed E-state index contributed by atoms with van der Waals surface area (Å²) in [4.78, 5) is 17.7. The molecule has 7 heteroatoms. The molecule has 6 nitrogen and oxygen atoms in total. The Hall–Kier alpha value is -3.74. The zero-order valence-electron chi connectivity index (χ0n) is 20.3. The third-order valence-corrected chi connectivity index (χ3v) is 7.44. The van der Waals surface area contributed by atoms with Crippen LogP contribution in [0.1, 0.15) is 53.9 Å². The number of carbonyl (C=O) groups excluding carboxylic acids is 1. The number of rotatable bonds is 9. The van der Waals surface area contributed by atoms with Crippen molar-refractivity contribution in [3.63, 3.8) is 0 Å². The van der Waals surface area contributed by atoms with Crippen LogP contribution in [0.2, 0.25) is 5.02 Å². The molecule has 0 amide bonds. The van der Waals surface area contributed by atoms with Crippen molar-refractivity contribution in [3.8, 4) is 11.8 Å². The molecule has 1 aliphatic carbocycles. The summed E-state index contributed by atoms with van der Waals surface area (Å²) >= 11 is 6.80. The summed E-state index contributed by atoms with van der Waals surface area (Å²) in [6.07, 6.45) is 3.70. The average molecular weight is 517 g/mol. The van der Waals surface area contributed by atoms with Gasteiger partial charge in [-0.1, -0.05) is 90.8 Å². The Balaban J connectivity index is 1.50. The van der Waals surface area contributed by atoms with Gasteiger partial charge in [-0.15, -0.1) is 4.73 Å². The van der Waals surface area contributed by atoms with E-state index in [0.717, 1.165) is 16.7 Å². The van der Waals surface area contributed by atoms with E-state index in [2.05, 4.69) is 29.6 Å². The number of hydrogen-bond acceptors (Lipinski definition) is 5. The third-order valence-electron chi connectivity index (χ3n) is 7.11. The number of halogens is 1. The summed E-state index contributed by atoms with van der Waals surface area (Å²) in [6, 6.07) is 28.9. The molecule has 0 saturated heterocycles. The van der Waals surface area contributed by atoms with Gasteiger partial charge in [0.05, 0.1) is 12.0 Å². The number of aromatic hydroxyl groups is 2. The fourth-order valence-corrected chi connectivity index (χ4v) is 5.25. The van der Waals surface area contributed by atoms with Crippen LogP contribution < -0.4 is 10.2 Å². The summed E-state index contributed by atoms with van der Waals surface area (Å²) in [6.45, 7) is 0.242. The van der Waals surface area contributed by atoms with Gasteiger partial charge in [0.15, 0.2) is 0 Å². The minimum atomic E-state index is -0.838. The number of carbonyl (C=O) groups is 1. The van der Waals surface area contributed by atoms with Gasteiger partial charge >= 0.3 is 5.97 Å². The molecule has 3 N–H and O–H groups in total. The molecule has 1 saturated carbocycles. The molecule has 0 spiro atoms. The Morgan fingerprint density at radius 3 is 2.14 bits per heavy atom. The summed E-state index contributed by atoms with van der Waals surface area (Å²) in [7, 11) is 0. The number of nitrogens with one attached hydrogen (secondary N) is 1. The standard InChI is InChI=1S/C30H29ClN2O4/c31-26-12-5-4-11-25(26)30(23-9-2-1-3-10-23,24-15-13-22(14-16-24)21-7-6-8-21)32-20-19-29(36)37-33-27(34)17-18-28(33)35/h1-5,9-18,21,32,34-35H,6-8,19-20H2. The van der Waals surface area contributed by atoms with Crippen LogP contribution in [0.15, 0.2) is 91.0 Å². The van der Waals surface area contributed by atoms with Crippen molar-refractivity contribution >= 4 is 17.6 Å². The van der Waals surface area contributed by atoms with Gasteiger partial charge in [-0.05, 0) is 47.1 Å². The first-order valence-electron chi connectivity index (χ1n) is 12.5. The molecule has 0 bridgehead atoms. The van der Waals surface area contributed by atoms with Gasteiger partial charge in [0.1, 0.15) is 0 Å². The molecule has 190 valence electrons. The second-order valence-corrected chi connectivity index (χ2v) is 9.74. The maximum Gasteiger partial charge on any atom is 0.334 e. The van der Waals surface area contributed by atoms with Crippen LogP contribution in [0.4, 0.5) is 0 Å². The molecule has 0 radical (unpaired) electrons. The van der Waals surface area contributed by atoms with Crippen molar-refractivity contribution < 1.29 is 19.8 Å². The Morgan fingerprint density at radius 2 is 1.51 bits per heavy atom. The number of hydrogen-bond donors (Lipinski definition) is 3. The van der Waals surface area contributed by atoms with E-state index < -0.39 is 11.5 Å². The van der Waals surface area contributed by atoms with Crippen LogP contribution in [0.5, 0.6) is 11.8 Å². The summed E-state index contributed by atoms with van der Waals surface area (Å²) in [5, 5.41) is 23.8. The fraction of sp³-hybridized carbons (Fsp3) is 0.233. The Morgan fingerprint density at radius 1 is 0.892 bits per heavy atom. The van der Waals surface area contributed by atoms with E-state index in [1.165, 1.54) is 37.0 Å². The topological polar surface area (TPSA) is 83.7 Å². The maximum atomic E-state index is 12.6. The van der Waals surface area contributed by atoms with Gasteiger partial charge in [-0.25, -0.2) is 4.79 Å². The van der Waals surface area contributed by atoms with Crippen LogP contribution in [-0.2, 0) is 10.3 Å². The lowest BCUT2D eigenvalue weighted by Gasteiger charge is -2.38. The van der Waals surface area contributed by atoms with E-state index in [0.29, 0.717) is 15.7 Å². The largest absolute Gasteiger partial charge is 0.492 e. The summed E-state index contributed by atoms with van der Waals surface area (Å²) in [5.41, 5.74) is 3.35. The Kier molecular flexibility index (Phi) is 7.22. The van der Waals surface area contributed by atoms with Crippen molar-refractivity contribution in [1.29, 1.82) is 0 Å². The molecule has 1 aliphatic rings. The molecule has 1 atom stereocenters. The van der Waals surface area contributed by atoms with Gasteiger partial charge in [-0.3, -0.25) is 5.32 Å². The predicted molar refractivity (Wildman–Crippen MR) is 143 cm³/mol. The lowest BCUT2D eigenvalue weighted by atomic mass is 9.75. The van der Waals surface area contributed by atoms with Crippen LogP contribution >= 0.6 is 11.6 Å². The van der Waals surface area contributed by atoms with Crippen molar-refractivity contribution in [2.45, 2.75) is 37.1 Å². The summed E-state index contributed by atoms with van der Waals surface area (Å²) < 4.78 is 0.694. The Labute approximate surface area is 221 Å². The van der Waals surface area contributed by atoms with E-state index in [-0.39, 0.29) is 24.7 Å². The van der Waals surface area contributed by atoms with Crippen LogP contribution in [0.25, 0.3) is 0 Å². The van der Waals surface area contributed by atoms with E-state index in [1.54, 1.807) is 0 Å². The van der Waals surface area contributed by atoms with Crippen molar-refractivity contribution in [3.05, 3.63) is 118 Å². The van der Waals surface area contributed by atoms with Gasteiger partial charge in [0.2, 0.25) is 11.8 Å². The molecule has 1 fully saturated rings. The lowest BCUT2D eigenvalue weighted by Crippen LogP contribution is -2.46. The first-order valence-corrected chi connectivity index (χ1v) is 12.8. The van der Waals surface area contributed by atoms with Gasteiger partial charge < -0.3 is 15.1 Å². The van der Waals surface area contributed by atoms with Crippen LogP contribution in [-0.4, -0.2) is 27.5 Å². The average Bonchev–Trinajstić information content (AvgIpc) is 3.19. The molecule has 3 aromatic carbocycles. The third kappa shape index (κ3) is 4.95. The highest BCUT2D eigenvalue weighted by atomic mass is 35.5. The number of aromatic nitrogens is 1. The monoisotopic (exact) mass is 516 g/mol. The fourth-order valence-electron chi connectivity index (χ4n) is 4.97. The Bertz CT molecular complexity index is 1350. The number of benzene rings is 3. The minimum absolute atomic E-state index is 0.0176. The van der Waals surface area contributed by atoms with Crippen molar-refractivity contribution in [1.82, 2.24) is 10.0 Å². The van der Waals surface area contributed by atoms with E-state index >= 15 is 0 Å². The van der Waals surface area contributed by atoms with Crippen molar-refractivity contribution in [2.24, 2.45) is 0 Å². The zero-order valence-corrected chi connectivity index (χ0v) is 21.1. The molecule has 1 heterocycles. The molecule has 0 aliphatic heterocycles. The molecule has 1 unspecified atom stereocenters. The van der Waals surface area contributed by atoms with Gasteiger partial charge in [-0.2, -0.15) is 0 Å². The second-order valence-electron chi connectivity index (χ2n) is 9.33. The maximum absolute atomic E-state index is 12.6. The van der Waals surface area contributed by atoms with Gasteiger partial charge in [0.25, 0.3) is 0 Å². The van der Waals surface area contributed by atoms with E-state index in [1.807, 2.05) is 54.6 Å².